The molecule has 2 rings (SSSR count). The molecule has 0 atom stereocenters. The third-order valence-corrected chi connectivity index (χ3v) is 2.23. The Morgan fingerprint density at radius 3 is 2.35 bits per heavy atom. The van der Waals surface area contributed by atoms with Crippen molar-refractivity contribution >= 4 is 5.97 Å². The summed E-state index contributed by atoms with van der Waals surface area (Å²) in [5.41, 5.74) is 0. The molecule has 0 spiro atoms. The molecule has 0 saturated heterocycles. The molecule has 1 aromatic carbocycles. The van der Waals surface area contributed by atoms with E-state index in [2.05, 4.69) is 4.74 Å². The molecule has 0 amide bonds. The van der Waals surface area contributed by atoms with E-state index in [4.69, 9.17) is 9.47 Å². The predicted octanol–water partition coefficient (Wildman–Crippen LogP) is 0.604. The Hall–Kier alpha value is -2.31. The molecule has 0 saturated carbocycles. The quantitative estimate of drug-likeness (QED) is 0.436. The normalized spacial score (nSPS) is 15.4. The summed E-state index contributed by atoms with van der Waals surface area (Å²) in [6.45, 7) is -0.825. The van der Waals surface area contributed by atoms with Crippen LogP contribution in [0.5, 0.6) is 11.5 Å². The van der Waals surface area contributed by atoms with Gasteiger partial charge in [-0.3, -0.25) is 10.1 Å². The van der Waals surface area contributed by atoms with Crippen molar-refractivity contribution in [2.75, 3.05) is 13.7 Å². The number of hydrogen-bond acceptors (Lipinski definition) is 6. The van der Waals surface area contributed by atoms with Crippen LogP contribution in [0.2, 0.25) is 0 Å². The van der Waals surface area contributed by atoms with Crippen LogP contribution in [0.1, 0.15) is 0 Å². The number of esters is 1. The Balaban J connectivity index is 2.34. The van der Waals surface area contributed by atoms with Gasteiger partial charge in [0.15, 0.2) is 11.5 Å². The van der Waals surface area contributed by atoms with Crippen LogP contribution in [0.15, 0.2) is 24.3 Å². The van der Waals surface area contributed by atoms with Gasteiger partial charge in [0.2, 0.25) is 0 Å². The van der Waals surface area contributed by atoms with Crippen molar-refractivity contribution in [3.8, 4) is 11.5 Å². The number of ether oxygens (including phenoxy) is 3. The number of nitro groups is 1. The number of carbonyl (C=O) groups is 1. The molecule has 90 valence electrons. The van der Waals surface area contributed by atoms with Crippen LogP contribution >= 0.6 is 0 Å². The number of fused-ring (bicyclic) bond motifs is 1. The highest BCUT2D eigenvalue weighted by atomic mass is 16.8. The van der Waals surface area contributed by atoms with Crippen molar-refractivity contribution in [3.63, 3.8) is 0 Å². The van der Waals surface area contributed by atoms with Crippen molar-refractivity contribution < 1.29 is 23.9 Å². The maximum atomic E-state index is 11.6. The minimum absolute atomic E-state index is 0.278. The van der Waals surface area contributed by atoms with Gasteiger partial charge in [0.1, 0.15) is 0 Å². The van der Waals surface area contributed by atoms with Gasteiger partial charge in [-0.25, -0.2) is 4.79 Å². The Labute approximate surface area is 96.0 Å². The van der Waals surface area contributed by atoms with Gasteiger partial charge in [0, 0.05) is 4.92 Å². The van der Waals surface area contributed by atoms with E-state index < -0.39 is 23.2 Å². The van der Waals surface area contributed by atoms with Gasteiger partial charge in [-0.15, -0.1) is 0 Å². The highest BCUT2D eigenvalue weighted by Crippen LogP contribution is 2.39. The second-order valence-corrected chi connectivity index (χ2v) is 3.39. The summed E-state index contributed by atoms with van der Waals surface area (Å²) in [6, 6.07) is 6.45. The van der Waals surface area contributed by atoms with Gasteiger partial charge in [-0.2, -0.15) is 0 Å². The summed E-state index contributed by atoms with van der Waals surface area (Å²) in [7, 11) is 1.11. The standard InChI is InChI=1S/C10H9NO6/c1-15-9(12)10(6-11(13)14)16-7-4-2-3-5-8(7)17-10/h2-5H,6H2,1H3. The minimum Gasteiger partial charge on any atom is -0.463 e. The number of carbonyl (C=O) groups excluding carboxylic acids is 1. The van der Waals surface area contributed by atoms with Crippen LogP contribution in [-0.2, 0) is 9.53 Å². The first kappa shape index (κ1) is 11.2. The Morgan fingerprint density at radius 1 is 1.41 bits per heavy atom. The Kier molecular flexibility index (Phi) is 2.58. The second kappa shape index (κ2) is 3.93. The van der Waals surface area contributed by atoms with Gasteiger partial charge in [0.05, 0.1) is 7.11 Å². The van der Waals surface area contributed by atoms with E-state index in [1.54, 1.807) is 24.3 Å². The molecule has 0 fully saturated rings. The molecule has 0 bridgehead atoms. The van der Waals surface area contributed by atoms with E-state index in [9.17, 15) is 14.9 Å². The monoisotopic (exact) mass is 239 g/mol. The lowest BCUT2D eigenvalue weighted by molar-refractivity contribution is -0.505. The predicted molar refractivity (Wildman–Crippen MR) is 54.3 cm³/mol. The van der Waals surface area contributed by atoms with Crippen molar-refractivity contribution in [2.24, 2.45) is 0 Å². The van der Waals surface area contributed by atoms with Gasteiger partial charge in [-0.1, -0.05) is 12.1 Å². The molecule has 7 nitrogen and oxygen atoms in total. The molecule has 0 aliphatic carbocycles. The lowest BCUT2D eigenvalue weighted by Gasteiger charge is -2.19. The zero-order chi connectivity index (χ0) is 12.5. The van der Waals surface area contributed by atoms with E-state index >= 15 is 0 Å². The lowest BCUT2D eigenvalue weighted by Crippen LogP contribution is -2.53. The SMILES string of the molecule is COC(=O)C1(C[N+](=O)[O-])Oc2ccccc2O1. The summed E-state index contributed by atoms with van der Waals surface area (Å²) in [6.07, 6.45) is 0. The fourth-order valence-electron chi connectivity index (χ4n) is 1.53. The first-order valence-corrected chi connectivity index (χ1v) is 4.75. The van der Waals surface area contributed by atoms with E-state index in [0.717, 1.165) is 7.11 Å². The topological polar surface area (TPSA) is 87.9 Å². The molecule has 0 aromatic heterocycles. The van der Waals surface area contributed by atoms with Crippen LogP contribution in [-0.4, -0.2) is 30.3 Å². The molecule has 17 heavy (non-hydrogen) atoms. The molecular formula is C10H9NO6. The number of rotatable bonds is 3. The van der Waals surface area contributed by atoms with E-state index in [1.165, 1.54) is 0 Å². The molecular weight excluding hydrogens is 230 g/mol. The number of hydrogen-bond donors (Lipinski definition) is 0. The van der Waals surface area contributed by atoms with E-state index in [1.807, 2.05) is 0 Å². The summed E-state index contributed by atoms with van der Waals surface area (Å²) in [5, 5.41) is 10.6. The van der Waals surface area contributed by atoms with Crippen LogP contribution < -0.4 is 9.47 Å². The number of nitrogens with zero attached hydrogens (tertiary/aromatic N) is 1. The fourth-order valence-corrected chi connectivity index (χ4v) is 1.53. The maximum absolute atomic E-state index is 11.6. The van der Waals surface area contributed by atoms with Crippen LogP contribution in [0.25, 0.3) is 0 Å². The first-order chi connectivity index (χ1) is 8.07. The van der Waals surface area contributed by atoms with Crippen molar-refractivity contribution in [2.45, 2.75) is 5.79 Å². The third-order valence-electron chi connectivity index (χ3n) is 2.23. The number of benzene rings is 1. The smallest absolute Gasteiger partial charge is 0.418 e. The molecule has 0 radical (unpaired) electrons. The maximum Gasteiger partial charge on any atom is 0.418 e. The van der Waals surface area contributed by atoms with Gasteiger partial charge in [0.25, 0.3) is 6.54 Å². The molecule has 1 heterocycles. The summed E-state index contributed by atoms with van der Waals surface area (Å²) >= 11 is 0. The molecule has 0 N–H and O–H groups in total. The zero-order valence-electron chi connectivity index (χ0n) is 8.91. The van der Waals surface area contributed by atoms with Crippen molar-refractivity contribution in [3.05, 3.63) is 34.4 Å². The largest absolute Gasteiger partial charge is 0.463 e. The van der Waals surface area contributed by atoms with Crippen LogP contribution in [0.4, 0.5) is 0 Å². The second-order valence-electron chi connectivity index (χ2n) is 3.39. The Bertz CT molecular complexity index is 447. The third kappa shape index (κ3) is 1.86. The first-order valence-electron chi connectivity index (χ1n) is 4.75. The lowest BCUT2D eigenvalue weighted by atomic mass is 10.3. The van der Waals surface area contributed by atoms with E-state index in [-0.39, 0.29) is 11.5 Å². The Morgan fingerprint density at radius 2 is 1.94 bits per heavy atom. The summed E-state index contributed by atoms with van der Waals surface area (Å²) in [4.78, 5) is 21.4. The van der Waals surface area contributed by atoms with Crippen molar-refractivity contribution in [1.29, 1.82) is 0 Å². The summed E-state index contributed by atoms with van der Waals surface area (Å²) < 4.78 is 14.9. The minimum atomic E-state index is -2.03. The highest BCUT2D eigenvalue weighted by molar-refractivity contribution is 5.80. The average Bonchev–Trinajstić information content (AvgIpc) is 2.65. The van der Waals surface area contributed by atoms with Gasteiger partial charge < -0.3 is 14.2 Å². The number of para-hydroxylation sites is 2. The van der Waals surface area contributed by atoms with Gasteiger partial charge >= 0.3 is 11.8 Å². The molecule has 1 aromatic rings. The highest BCUT2D eigenvalue weighted by Gasteiger charge is 2.55. The fraction of sp³-hybridized carbons (Fsp3) is 0.300. The van der Waals surface area contributed by atoms with Crippen LogP contribution in [0, 0.1) is 10.1 Å². The zero-order valence-corrected chi connectivity index (χ0v) is 8.91. The average molecular weight is 239 g/mol. The van der Waals surface area contributed by atoms with Crippen molar-refractivity contribution in [1.82, 2.24) is 0 Å². The summed E-state index contributed by atoms with van der Waals surface area (Å²) in [5.74, 6) is -2.41. The van der Waals surface area contributed by atoms with E-state index in [0.29, 0.717) is 0 Å². The number of methoxy groups -OCH3 is 1. The van der Waals surface area contributed by atoms with Gasteiger partial charge in [-0.05, 0) is 12.1 Å². The molecule has 7 heteroatoms. The van der Waals surface area contributed by atoms with Crippen LogP contribution in [0.3, 0.4) is 0 Å². The molecule has 1 aliphatic heterocycles. The molecule has 0 unspecified atom stereocenters. The molecule has 1 aliphatic rings.